The molecule has 0 radical (unpaired) electrons. The molecule has 8 heteroatoms. The van der Waals surface area contributed by atoms with E-state index in [9.17, 15) is 14.7 Å². The van der Waals surface area contributed by atoms with Gasteiger partial charge in [0.25, 0.3) is 5.91 Å². The molecule has 7 nitrogen and oxygen atoms in total. The predicted molar refractivity (Wildman–Crippen MR) is 123 cm³/mol. The highest BCUT2D eigenvalue weighted by Crippen LogP contribution is 2.23. The standard InChI is InChI=1S/C23H20N4O3.ClH/c24-17-8-6-16(7-9-17)23(30)25-18-10-11-20-19(13-18)26-21(27(20)14-22(28)29)12-15-4-2-1-3-5-15;/h1-11,13H,12,14,24H2,(H,25,30)(H,28,29);1H. The molecule has 0 bridgehead atoms. The van der Waals surface area contributed by atoms with Crippen LogP contribution in [-0.2, 0) is 17.8 Å². The van der Waals surface area contributed by atoms with E-state index >= 15 is 0 Å². The largest absolute Gasteiger partial charge is 0.480 e. The number of hydrogen-bond donors (Lipinski definition) is 3. The number of aliphatic carboxylic acids is 1. The summed E-state index contributed by atoms with van der Waals surface area (Å²) in [6.45, 7) is -0.185. The summed E-state index contributed by atoms with van der Waals surface area (Å²) in [4.78, 5) is 28.5. The molecular weight excluding hydrogens is 416 g/mol. The van der Waals surface area contributed by atoms with Gasteiger partial charge in [0.2, 0.25) is 0 Å². The van der Waals surface area contributed by atoms with Crippen LogP contribution in [0.25, 0.3) is 11.0 Å². The van der Waals surface area contributed by atoms with Crippen LogP contribution < -0.4 is 11.1 Å². The van der Waals surface area contributed by atoms with E-state index in [0.29, 0.717) is 40.2 Å². The maximum absolute atomic E-state index is 12.5. The van der Waals surface area contributed by atoms with Crippen molar-refractivity contribution in [2.75, 3.05) is 11.1 Å². The first kappa shape index (κ1) is 21.9. The van der Waals surface area contributed by atoms with Gasteiger partial charge in [0, 0.05) is 23.4 Å². The highest BCUT2D eigenvalue weighted by molar-refractivity contribution is 6.05. The second-order valence-electron chi connectivity index (χ2n) is 6.95. The van der Waals surface area contributed by atoms with Crippen molar-refractivity contribution in [3.8, 4) is 0 Å². The van der Waals surface area contributed by atoms with Gasteiger partial charge in [-0.15, -0.1) is 12.4 Å². The molecule has 0 fully saturated rings. The van der Waals surface area contributed by atoms with Crippen LogP contribution in [0.15, 0.2) is 72.8 Å². The van der Waals surface area contributed by atoms with E-state index in [4.69, 9.17) is 5.73 Å². The number of imidazole rings is 1. The number of carboxylic acids is 1. The first-order chi connectivity index (χ1) is 14.5. The number of nitrogens with one attached hydrogen (secondary N) is 1. The van der Waals surface area contributed by atoms with E-state index in [0.717, 1.165) is 5.56 Å². The van der Waals surface area contributed by atoms with E-state index in [-0.39, 0.29) is 24.9 Å². The Hall–Kier alpha value is -3.84. The Balaban J connectivity index is 0.00000272. The molecule has 1 heterocycles. The SMILES string of the molecule is Cl.Nc1ccc(C(=O)Nc2ccc3c(c2)nc(Cc2ccccc2)n3CC(=O)O)cc1. The number of anilines is 2. The highest BCUT2D eigenvalue weighted by Gasteiger charge is 2.15. The summed E-state index contributed by atoms with van der Waals surface area (Å²) < 4.78 is 1.69. The normalized spacial score (nSPS) is 10.5. The fraction of sp³-hybridized carbons (Fsp3) is 0.0870. The Bertz CT molecular complexity index is 1220. The van der Waals surface area contributed by atoms with Crippen molar-refractivity contribution >= 4 is 46.7 Å². The number of fused-ring (bicyclic) bond motifs is 1. The second kappa shape index (κ2) is 9.32. The Morgan fingerprint density at radius 2 is 1.71 bits per heavy atom. The van der Waals surface area contributed by atoms with Crippen LogP contribution in [0.4, 0.5) is 11.4 Å². The van der Waals surface area contributed by atoms with Crippen LogP contribution in [0.5, 0.6) is 0 Å². The quantitative estimate of drug-likeness (QED) is 0.396. The van der Waals surface area contributed by atoms with Crippen LogP contribution >= 0.6 is 12.4 Å². The van der Waals surface area contributed by atoms with Crippen molar-refractivity contribution in [1.82, 2.24) is 9.55 Å². The van der Waals surface area contributed by atoms with Crippen LogP contribution in [0.3, 0.4) is 0 Å². The number of nitrogen functional groups attached to an aromatic ring is 1. The van der Waals surface area contributed by atoms with Crippen LogP contribution in [-0.4, -0.2) is 26.5 Å². The van der Waals surface area contributed by atoms with Gasteiger partial charge in [0.15, 0.2) is 0 Å². The number of rotatable bonds is 6. The smallest absolute Gasteiger partial charge is 0.323 e. The zero-order chi connectivity index (χ0) is 21.1. The van der Waals surface area contributed by atoms with Gasteiger partial charge in [-0.2, -0.15) is 0 Å². The second-order valence-corrected chi connectivity index (χ2v) is 6.95. The van der Waals surface area contributed by atoms with Crippen molar-refractivity contribution < 1.29 is 14.7 Å². The molecule has 4 rings (SSSR count). The fourth-order valence-corrected chi connectivity index (χ4v) is 3.32. The van der Waals surface area contributed by atoms with Crippen molar-refractivity contribution in [1.29, 1.82) is 0 Å². The average Bonchev–Trinajstić information content (AvgIpc) is 3.05. The average molecular weight is 437 g/mol. The number of halogens is 1. The lowest BCUT2D eigenvalue weighted by atomic mass is 10.1. The van der Waals surface area contributed by atoms with Crippen molar-refractivity contribution in [2.45, 2.75) is 13.0 Å². The minimum absolute atomic E-state index is 0. The van der Waals surface area contributed by atoms with Crippen molar-refractivity contribution in [3.05, 3.63) is 89.7 Å². The number of aromatic nitrogens is 2. The van der Waals surface area contributed by atoms with Crippen LogP contribution in [0.1, 0.15) is 21.7 Å². The van der Waals surface area contributed by atoms with Gasteiger partial charge in [0.05, 0.1) is 11.0 Å². The number of carbonyl (C=O) groups excluding carboxylic acids is 1. The molecule has 31 heavy (non-hydrogen) atoms. The first-order valence-electron chi connectivity index (χ1n) is 9.41. The predicted octanol–water partition coefficient (Wildman–Crippen LogP) is 3.97. The third-order valence-corrected chi connectivity index (χ3v) is 4.76. The Labute approximate surface area is 184 Å². The summed E-state index contributed by atoms with van der Waals surface area (Å²) >= 11 is 0. The summed E-state index contributed by atoms with van der Waals surface area (Å²) in [7, 11) is 0. The fourth-order valence-electron chi connectivity index (χ4n) is 3.32. The van der Waals surface area contributed by atoms with Gasteiger partial charge in [-0.25, -0.2) is 4.98 Å². The van der Waals surface area contributed by atoms with E-state index in [2.05, 4.69) is 10.3 Å². The molecule has 4 aromatic rings. The summed E-state index contributed by atoms with van der Waals surface area (Å²) in [5, 5.41) is 12.2. The number of hydrogen-bond acceptors (Lipinski definition) is 4. The van der Waals surface area contributed by atoms with Crippen LogP contribution in [0.2, 0.25) is 0 Å². The van der Waals surface area contributed by atoms with Gasteiger partial charge in [-0.1, -0.05) is 30.3 Å². The summed E-state index contributed by atoms with van der Waals surface area (Å²) in [5.41, 5.74) is 9.68. The van der Waals surface area contributed by atoms with Crippen molar-refractivity contribution in [2.24, 2.45) is 0 Å². The van der Waals surface area contributed by atoms with Gasteiger partial charge in [0.1, 0.15) is 12.4 Å². The summed E-state index contributed by atoms with van der Waals surface area (Å²) in [5.74, 6) is -0.547. The Kier molecular flexibility index (Phi) is 6.57. The van der Waals surface area contributed by atoms with Crippen LogP contribution in [0, 0.1) is 0 Å². The topological polar surface area (TPSA) is 110 Å². The van der Waals surface area contributed by atoms with E-state index in [1.165, 1.54) is 0 Å². The molecule has 0 aliphatic heterocycles. The molecule has 3 aromatic carbocycles. The maximum atomic E-state index is 12.5. The highest BCUT2D eigenvalue weighted by atomic mass is 35.5. The molecule has 0 unspecified atom stereocenters. The molecule has 0 atom stereocenters. The summed E-state index contributed by atoms with van der Waals surface area (Å²) in [6, 6.07) is 21.7. The minimum atomic E-state index is -0.940. The zero-order valence-electron chi connectivity index (χ0n) is 16.5. The lowest BCUT2D eigenvalue weighted by molar-refractivity contribution is -0.137. The molecule has 0 spiro atoms. The zero-order valence-corrected chi connectivity index (χ0v) is 17.3. The number of carbonyl (C=O) groups is 2. The van der Waals surface area contributed by atoms with E-state index in [1.807, 2.05) is 30.3 Å². The molecule has 0 saturated carbocycles. The number of nitrogens with zero attached hydrogens (tertiary/aromatic N) is 2. The van der Waals surface area contributed by atoms with E-state index in [1.54, 1.807) is 47.0 Å². The Morgan fingerprint density at radius 3 is 2.39 bits per heavy atom. The maximum Gasteiger partial charge on any atom is 0.323 e. The molecule has 4 N–H and O–H groups in total. The number of nitrogens with two attached hydrogens (primary N) is 1. The van der Waals surface area contributed by atoms with E-state index < -0.39 is 5.97 Å². The molecule has 0 aliphatic rings. The molecule has 0 aliphatic carbocycles. The lowest BCUT2D eigenvalue weighted by Crippen LogP contribution is -2.12. The molecular formula is C23H21ClN4O3. The van der Waals surface area contributed by atoms with Gasteiger partial charge in [-0.05, 0) is 48.0 Å². The number of benzene rings is 3. The van der Waals surface area contributed by atoms with Crippen molar-refractivity contribution in [3.63, 3.8) is 0 Å². The van der Waals surface area contributed by atoms with Gasteiger partial charge < -0.3 is 20.7 Å². The molecule has 0 saturated heterocycles. The third kappa shape index (κ3) is 5.02. The monoisotopic (exact) mass is 436 g/mol. The third-order valence-electron chi connectivity index (χ3n) is 4.76. The first-order valence-corrected chi connectivity index (χ1v) is 9.41. The number of amides is 1. The lowest BCUT2D eigenvalue weighted by Gasteiger charge is -2.08. The summed E-state index contributed by atoms with van der Waals surface area (Å²) in [6.07, 6.45) is 0.510. The van der Waals surface area contributed by atoms with Gasteiger partial charge in [-0.3, -0.25) is 9.59 Å². The molecule has 1 aromatic heterocycles. The molecule has 158 valence electrons. The number of carboxylic acid groups (broad SMARTS) is 1. The van der Waals surface area contributed by atoms with Gasteiger partial charge >= 0.3 is 5.97 Å². The minimum Gasteiger partial charge on any atom is -0.480 e. The Morgan fingerprint density at radius 1 is 1.00 bits per heavy atom. The molecule has 1 amide bonds.